The predicted molar refractivity (Wildman–Crippen MR) is 94.6 cm³/mol. The lowest BCUT2D eigenvalue weighted by molar-refractivity contribution is -0.139. The Labute approximate surface area is 150 Å². The maximum absolute atomic E-state index is 13.1. The van der Waals surface area contributed by atoms with E-state index in [-0.39, 0.29) is 21.4 Å². The highest BCUT2D eigenvalue weighted by Gasteiger charge is 2.36. The van der Waals surface area contributed by atoms with E-state index < -0.39 is 21.9 Å². The van der Waals surface area contributed by atoms with E-state index in [1.165, 1.54) is 31.3 Å². The van der Waals surface area contributed by atoms with Crippen molar-refractivity contribution in [3.63, 3.8) is 0 Å². The molecular formula is C18H19F3N2O2S. The summed E-state index contributed by atoms with van der Waals surface area (Å²) in [5, 5.41) is -0.208. The molecule has 3 rings (SSSR count). The van der Waals surface area contributed by atoms with Crippen molar-refractivity contribution in [2.75, 3.05) is 0 Å². The fraction of sp³-hybridized carbons (Fsp3) is 0.278. The van der Waals surface area contributed by atoms with Gasteiger partial charge < -0.3 is 0 Å². The molecule has 0 amide bonds. The monoisotopic (exact) mass is 384 g/mol. The lowest BCUT2D eigenvalue weighted by atomic mass is 10.1. The number of benzene rings is 1. The first-order chi connectivity index (χ1) is 12.1. The fourth-order valence-electron chi connectivity index (χ4n) is 2.57. The van der Waals surface area contributed by atoms with Crippen molar-refractivity contribution in [2.24, 2.45) is 0 Å². The molecule has 0 N–H and O–H groups in total. The highest BCUT2D eigenvalue weighted by Crippen LogP contribution is 2.36. The average molecular weight is 384 g/mol. The summed E-state index contributed by atoms with van der Waals surface area (Å²) in [5.74, 6) is 0. The van der Waals surface area contributed by atoms with Crippen LogP contribution in [0.5, 0.6) is 0 Å². The molecule has 0 saturated carbocycles. The molecule has 2 aromatic heterocycles. The number of halogens is 3. The molecular weight excluding hydrogens is 365 g/mol. The van der Waals surface area contributed by atoms with Gasteiger partial charge in [0.25, 0.3) is 10.0 Å². The number of hydrogen-bond acceptors (Lipinski definition) is 3. The van der Waals surface area contributed by atoms with Crippen LogP contribution < -0.4 is 0 Å². The summed E-state index contributed by atoms with van der Waals surface area (Å²) >= 11 is 0. The number of aromatic nitrogens is 2. The van der Waals surface area contributed by atoms with E-state index in [9.17, 15) is 21.6 Å². The topological polar surface area (TPSA) is 52.0 Å². The third kappa shape index (κ3) is 3.46. The molecule has 26 heavy (non-hydrogen) atoms. The zero-order valence-corrected chi connectivity index (χ0v) is 15.6. The van der Waals surface area contributed by atoms with Gasteiger partial charge >= 0.3 is 6.18 Å². The Morgan fingerprint density at radius 1 is 1.00 bits per heavy atom. The van der Waals surface area contributed by atoms with Crippen molar-refractivity contribution >= 4 is 20.9 Å². The number of fused-ring (bicyclic) bond motifs is 1. The summed E-state index contributed by atoms with van der Waals surface area (Å²) in [5.41, 5.74) is -0.0575. The van der Waals surface area contributed by atoms with E-state index in [4.69, 9.17) is 0 Å². The number of rotatable bonds is 2. The number of aryl methyl sites for hydroxylation is 2. The van der Waals surface area contributed by atoms with Gasteiger partial charge in [0.15, 0.2) is 5.69 Å². The van der Waals surface area contributed by atoms with Crippen LogP contribution in [0.25, 0.3) is 10.9 Å². The average Bonchev–Trinajstić information content (AvgIpc) is 2.94. The van der Waals surface area contributed by atoms with Crippen molar-refractivity contribution in [3.05, 3.63) is 59.5 Å². The zero-order valence-electron chi connectivity index (χ0n) is 14.8. The first kappa shape index (κ1) is 20.0. The van der Waals surface area contributed by atoms with Crippen molar-refractivity contribution in [1.29, 1.82) is 0 Å². The number of nitrogens with zero attached hydrogens (tertiary/aromatic N) is 2. The molecule has 0 spiro atoms. The Kier molecular flexibility index (Phi) is 5.46. The summed E-state index contributed by atoms with van der Waals surface area (Å²) in [4.78, 5) is 3.40. The van der Waals surface area contributed by atoms with Gasteiger partial charge in [-0.15, -0.1) is 0 Å². The van der Waals surface area contributed by atoms with E-state index in [0.717, 1.165) is 15.7 Å². The number of alkyl halides is 3. The molecule has 0 aliphatic rings. The predicted octanol–water partition coefficient (Wildman–Crippen LogP) is 4.94. The van der Waals surface area contributed by atoms with E-state index in [1.54, 1.807) is 12.1 Å². The Hall–Kier alpha value is -2.35. The molecule has 0 atom stereocenters. The SMILES string of the molecule is CC.Cc1ccc(S(=O)(=O)n2cc(C)c3c(C(F)(F)F)nccc32)cc1. The van der Waals surface area contributed by atoms with Gasteiger partial charge in [-0.2, -0.15) is 13.2 Å². The minimum Gasteiger partial charge on any atom is -0.251 e. The summed E-state index contributed by atoms with van der Waals surface area (Å²) in [7, 11) is -4.00. The van der Waals surface area contributed by atoms with Gasteiger partial charge in [-0.25, -0.2) is 12.4 Å². The van der Waals surface area contributed by atoms with Crippen LogP contribution in [-0.4, -0.2) is 17.4 Å². The second-order valence-electron chi connectivity index (χ2n) is 5.48. The minimum absolute atomic E-state index is 0.00960. The first-order valence-electron chi connectivity index (χ1n) is 7.98. The number of hydrogen-bond donors (Lipinski definition) is 0. The molecule has 0 bridgehead atoms. The standard InChI is InChI=1S/C16H13F3N2O2S.C2H6/c1-10-3-5-12(6-4-10)24(22,23)21-9-11(2)14-13(21)7-8-20-15(14)16(17,18)19;1-2/h3-9H,1-2H3;1-2H3. The Morgan fingerprint density at radius 3 is 2.12 bits per heavy atom. The van der Waals surface area contributed by atoms with Crippen LogP contribution in [0, 0.1) is 13.8 Å². The Morgan fingerprint density at radius 2 is 1.58 bits per heavy atom. The molecule has 0 aliphatic carbocycles. The lowest BCUT2D eigenvalue weighted by Crippen LogP contribution is -2.13. The van der Waals surface area contributed by atoms with E-state index >= 15 is 0 Å². The second-order valence-corrected chi connectivity index (χ2v) is 7.29. The van der Waals surface area contributed by atoms with Gasteiger partial charge in [-0.05, 0) is 37.6 Å². The molecule has 1 aromatic carbocycles. The summed E-state index contributed by atoms with van der Waals surface area (Å²) < 4.78 is 65.9. The van der Waals surface area contributed by atoms with E-state index in [0.29, 0.717) is 0 Å². The maximum Gasteiger partial charge on any atom is 0.434 e. The molecule has 3 aromatic rings. The van der Waals surface area contributed by atoms with Gasteiger partial charge in [0.1, 0.15) is 0 Å². The van der Waals surface area contributed by atoms with Gasteiger partial charge in [0, 0.05) is 17.8 Å². The van der Waals surface area contributed by atoms with Crippen LogP contribution in [0.4, 0.5) is 13.2 Å². The summed E-state index contributed by atoms with van der Waals surface area (Å²) in [6, 6.07) is 7.39. The van der Waals surface area contributed by atoms with Gasteiger partial charge in [-0.1, -0.05) is 31.5 Å². The Bertz CT molecular complexity index is 1020. The molecule has 8 heteroatoms. The zero-order chi connectivity index (χ0) is 19.7. The molecule has 4 nitrogen and oxygen atoms in total. The molecule has 0 aliphatic heterocycles. The lowest BCUT2D eigenvalue weighted by Gasteiger charge is -2.10. The fourth-order valence-corrected chi connectivity index (χ4v) is 3.99. The minimum atomic E-state index is -4.66. The first-order valence-corrected chi connectivity index (χ1v) is 9.42. The van der Waals surface area contributed by atoms with Crippen LogP contribution in [-0.2, 0) is 16.2 Å². The highest BCUT2D eigenvalue weighted by molar-refractivity contribution is 7.90. The van der Waals surface area contributed by atoms with Crippen molar-refractivity contribution < 1.29 is 21.6 Å². The van der Waals surface area contributed by atoms with Crippen molar-refractivity contribution in [1.82, 2.24) is 8.96 Å². The third-order valence-electron chi connectivity index (χ3n) is 3.72. The maximum atomic E-state index is 13.1. The van der Waals surface area contributed by atoms with Gasteiger partial charge in [0.05, 0.1) is 10.4 Å². The smallest absolute Gasteiger partial charge is 0.251 e. The van der Waals surface area contributed by atoms with Crippen LogP contribution in [0.15, 0.2) is 47.6 Å². The van der Waals surface area contributed by atoms with Gasteiger partial charge in [0.2, 0.25) is 0 Å². The van der Waals surface area contributed by atoms with Crippen LogP contribution in [0.1, 0.15) is 30.7 Å². The van der Waals surface area contributed by atoms with Crippen LogP contribution in [0.3, 0.4) is 0 Å². The number of pyridine rings is 1. The van der Waals surface area contributed by atoms with Crippen molar-refractivity contribution in [3.8, 4) is 0 Å². The third-order valence-corrected chi connectivity index (χ3v) is 5.41. The largest absolute Gasteiger partial charge is 0.434 e. The quantitative estimate of drug-likeness (QED) is 0.629. The van der Waals surface area contributed by atoms with E-state index in [1.807, 2.05) is 20.8 Å². The summed E-state index contributed by atoms with van der Waals surface area (Å²) in [6.45, 7) is 7.24. The molecule has 140 valence electrons. The van der Waals surface area contributed by atoms with Crippen molar-refractivity contribution in [2.45, 2.75) is 38.8 Å². The van der Waals surface area contributed by atoms with Crippen LogP contribution >= 0.6 is 0 Å². The van der Waals surface area contributed by atoms with E-state index in [2.05, 4.69) is 4.98 Å². The normalized spacial score (nSPS) is 12.0. The molecule has 0 fully saturated rings. The summed E-state index contributed by atoms with van der Waals surface area (Å²) in [6.07, 6.45) is -2.51. The Balaban J connectivity index is 0.00000117. The molecule has 0 radical (unpaired) electrons. The molecule has 2 heterocycles. The van der Waals surface area contributed by atoms with Crippen LogP contribution in [0.2, 0.25) is 0 Å². The molecule has 0 saturated heterocycles. The molecule has 0 unspecified atom stereocenters. The van der Waals surface area contributed by atoms with Gasteiger partial charge in [-0.3, -0.25) is 4.98 Å². The highest BCUT2D eigenvalue weighted by atomic mass is 32.2. The second kappa shape index (κ2) is 7.11.